The van der Waals surface area contributed by atoms with Gasteiger partial charge in [-0.25, -0.2) is 0 Å². The third kappa shape index (κ3) is 3.88. The SMILES string of the molecule is NC1C2CCCC1CC(C(=O)N1CCCCC1CN1CCOCC1)C2. The van der Waals surface area contributed by atoms with E-state index in [1.165, 1.54) is 38.5 Å². The van der Waals surface area contributed by atoms with Crippen LogP contribution in [0.5, 0.6) is 0 Å². The maximum Gasteiger partial charge on any atom is 0.225 e. The molecule has 5 nitrogen and oxygen atoms in total. The van der Waals surface area contributed by atoms with Crippen LogP contribution in [0, 0.1) is 17.8 Å². The van der Waals surface area contributed by atoms with Crippen LogP contribution in [-0.2, 0) is 9.53 Å². The number of nitrogens with two attached hydrogens (primary N) is 1. The van der Waals surface area contributed by atoms with Gasteiger partial charge in [-0.1, -0.05) is 6.42 Å². The average molecular weight is 350 g/mol. The van der Waals surface area contributed by atoms with E-state index in [1.807, 2.05) is 0 Å². The van der Waals surface area contributed by atoms with E-state index in [-0.39, 0.29) is 5.92 Å². The highest BCUT2D eigenvalue weighted by molar-refractivity contribution is 5.79. The number of morpholine rings is 1. The normalized spacial score (nSPS) is 40.0. The van der Waals surface area contributed by atoms with Crippen molar-refractivity contribution in [1.82, 2.24) is 9.80 Å². The molecule has 25 heavy (non-hydrogen) atoms. The second-order valence-corrected chi connectivity index (χ2v) is 8.79. The van der Waals surface area contributed by atoms with Crippen LogP contribution in [0.2, 0.25) is 0 Å². The lowest BCUT2D eigenvalue weighted by Gasteiger charge is -2.46. The Labute approximate surface area is 152 Å². The summed E-state index contributed by atoms with van der Waals surface area (Å²) in [6.07, 6.45) is 9.46. The van der Waals surface area contributed by atoms with Crippen molar-refractivity contribution < 1.29 is 9.53 Å². The fourth-order valence-electron chi connectivity index (χ4n) is 5.79. The molecule has 2 N–H and O–H groups in total. The number of likely N-dealkylation sites (tertiary alicyclic amines) is 1. The maximum atomic E-state index is 13.4. The Morgan fingerprint density at radius 2 is 1.68 bits per heavy atom. The number of nitrogens with zero attached hydrogens (tertiary/aromatic N) is 2. The summed E-state index contributed by atoms with van der Waals surface area (Å²) in [6, 6.07) is 0.762. The van der Waals surface area contributed by atoms with Gasteiger partial charge in [0.2, 0.25) is 5.91 Å². The summed E-state index contributed by atoms with van der Waals surface area (Å²) in [5, 5.41) is 0. The van der Waals surface area contributed by atoms with Crippen molar-refractivity contribution >= 4 is 5.91 Å². The van der Waals surface area contributed by atoms with Gasteiger partial charge in [0.15, 0.2) is 0 Å². The van der Waals surface area contributed by atoms with Gasteiger partial charge in [-0.3, -0.25) is 9.69 Å². The first-order valence-electron chi connectivity index (χ1n) is 10.6. The molecule has 4 aliphatic rings. The van der Waals surface area contributed by atoms with Gasteiger partial charge in [-0.15, -0.1) is 0 Å². The molecule has 1 amide bonds. The molecule has 0 aromatic heterocycles. The Morgan fingerprint density at radius 1 is 0.960 bits per heavy atom. The average Bonchev–Trinajstić information content (AvgIpc) is 2.62. The number of carbonyl (C=O) groups excluding carboxylic acids is 1. The summed E-state index contributed by atoms with van der Waals surface area (Å²) in [4.78, 5) is 18.1. The largest absolute Gasteiger partial charge is 0.379 e. The minimum atomic E-state index is 0.236. The summed E-state index contributed by atoms with van der Waals surface area (Å²) in [6.45, 7) is 5.71. The molecule has 4 rings (SSSR count). The van der Waals surface area contributed by atoms with Crippen LogP contribution in [-0.4, -0.2) is 67.2 Å². The highest BCUT2D eigenvalue weighted by Crippen LogP contribution is 2.42. The van der Waals surface area contributed by atoms with Crippen LogP contribution in [0.25, 0.3) is 0 Å². The summed E-state index contributed by atoms with van der Waals surface area (Å²) in [5.74, 6) is 1.86. The number of fused-ring (bicyclic) bond motifs is 2. The quantitative estimate of drug-likeness (QED) is 0.845. The van der Waals surface area contributed by atoms with Crippen molar-refractivity contribution in [3.63, 3.8) is 0 Å². The molecular weight excluding hydrogens is 314 g/mol. The Bertz CT molecular complexity index is 452. The summed E-state index contributed by atoms with van der Waals surface area (Å²) >= 11 is 0. The lowest BCUT2D eigenvalue weighted by atomic mass is 9.64. The van der Waals surface area contributed by atoms with Gasteiger partial charge < -0.3 is 15.4 Å². The Kier molecular flexibility index (Phi) is 5.63. The summed E-state index contributed by atoms with van der Waals surface area (Å²) in [7, 11) is 0. The first-order valence-corrected chi connectivity index (χ1v) is 10.6. The van der Waals surface area contributed by atoms with E-state index >= 15 is 0 Å². The highest BCUT2D eigenvalue weighted by atomic mass is 16.5. The van der Waals surface area contributed by atoms with Crippen LogP contribution >= 0.6 is 0 Å². The predicted molar refractivity (Wildman–Crippen MR) is 98.1 cm³/mol. The number of carbonyl (C=O) groups is 1. The molecule has 0 radical (unpaired) electrons. The monoisotopic (exact) mass is 349 g/mol. The van der Waals surface area contributed by atoms with E-state index in [4.69, 9.17) is 10.5 Å². The lowest BCUT2D eigenvalue weighted by molar-refractivity contribution is -0.143. The number of hydrogen-bond donors (Lipinski definition) is 1. The van der Waals surface area contributed by atoms with Crippen molar-refractivity contribution in [2.45, 2.75) is 63.5 Å². The number of hydrogen-bond acceptors (Lipinski definition) is 4. The van der Waals surface area contributed by atoms with Crippen molar-refractivity contribution in [1.29, 1.82) is 0 Å². The summed E-state index contributed by atoms with van der Waals surface area (Å²) < 4.78 is 5.48. The molecule has 3 unspecified atom stereocenters. The lowest BCUT2D eigenvalue weighted by Crippen LogP contribution is -2.55. The standard InChI is InChI=1S/C20H35N3O2/c21-19-15-4-3-5-16(19)13-17(12-15)20(24)23-7-2-1-6-18(23)14-22-8-10-25-11-9-22/h15-19H,1-14,21H2. The molecule has 3 atom stereocenters. The van der Waals surface area contributed by atoms with Crippen LogP contribution < -0.4 is 5.73 Å². The Morgan fingerprint density at radius 3 is 2.40 bits per heavy atom. The van der Waals surface area contributed by atoms with E-state index in [1.54, 1.807) is 0 Å². The van der Waals surface area contributed by atoms with E-state index in [2.05, 4.69) is 9.80 Å². The Balaban J connectivity index is 1.40. The van der Waals surface area contributed by atoms with E-state index < -0.39 is 0 Å². The molecule has 4 fully saturated rings. The minimum Gasteiger partial charge on any atom is -0.379 e. The smallest absolute Gasteiger partial charge is 0.225 e. The van der Waals surface area contributed by atoms with Crippen molar-refractivity contribution in [2.75, 3.05) is 39.4 Å². The van der Waals surface area contributed by atoms with Crippen molar-refractivity contribution in [2.24, 2.45) is 23.5 Å². The molecule has 2 aliphatic carbocycles. The first-order chi connectivity index (χ1) is 12.2. The van der Waals surface area contributed by atoms with E-state index in [9.17, 15) is 4.79 Å². The van der Waals surface area contributed by atoms with Gasteiger partial charge >= 0.3 is 0 Å². The zero-order chi connectivity index (χ0) is 17.2. The topological polar surface area (TPSA) is 58.8 Å². The minimum absolute atomic E-state index is 0.236. The number of rotatable bonds is 3. The second kappa shape index (κ2) is 7.93. The van der Waals surface area contributed by atoms with Crippen LogP contribution in [0.3, 0.4) is 0 Å². The van der Waals surface area contributed by atoms with Crippen molar-refractivity contribution in [3.8, 4) is 0 Å². The molecule has 2 aliphatic heterocycles. The molecule has 0 aromatic carbocycles. The van der Waals surface area contributed by atoms with Gasteiger partial charge in [0.1, 0.15) is 0 Å². The zero-order valence-electron chi connectivity index (χ0n) is 15.6. The fourth-order valence-corrected chi connectivity index (χ4v) is 5.79. The van der Waals surface area contributed by atoms with Gasteiger partial charge in [0.25, 0.3) is 0 Å². The maximum absolute atomic E-state index is 13.4. The van der Waals surface area contributed by atoms with Crippen LogP contribution in [0.1, 0.15) is 51.4 Å². The molecule has 0 spiro atoms. The Hall–Kier alpha value is -0.650. The molecule has 2 bridgehead atoms. The summed E-state index contributed by atoms with van der Waals surface area (Å²) in [5.41, 5.74) is 6.43. The molecule has 5 heteroatoms. The number of ether oxygens (including phenoxy) is 1. The highest BCUT2D eigenvalue weighted by Gasteiger charge is 2.42. The second-order valence-electron chi connectivity index (χ2n) is 8.79. The number of piperidine rings is 1. The molecule has 2 heterocycles. The molecule has 142 valence electrons. The zero-order valence-corrected chi connectivity index (χ0v) is 15.6. The molecule has 2 saturated carbocycles. The molecule has 0 aromatic rings. The number of amides is 1. The van der Waals surface area contributed by atoms with Gasteiger partial charge in [-0.05, 0) is 56.8 Å². The van der Waals surface area contributed by atoms with E-state index in [0.717, 1.165) is 52.2 Å². The third-order valence-corrected chi connectivity index (χ3v) is 7.25. The fraction of sp³-hybridized carbons (Fsp3) is 0.950. The van der Waals surface area contributed by atoms with Gasteiger partial charge in [0.05, 0.1) is 13.2 Å². The van der Waals surface area contributed by atoms with Gasteiger partial charge in [-0.2, -0.15) is 0 Å². The van der Waals surface area contributed by atoms with Crippen LogP contribution in [0.15, 0.2) is 0 Å². The first kappa shape index (κ1) is 17.7. The van der Waals surface area contributed by atoms with Crippen molar-refractivity contribution in [3.05, 3.63) is 0 Å². The van der Waals surface area contributed by atoms with E-state index in [0.29, 0.717) is 29.8 Å². The van der Waals surface area contributed by atoms with Crippen LogP contribution in [0.4, 0.5) is 0 Å². The third-order valence-electron chi connectivity index (χ3n) is 7.25. The molecule has 2 saturated heterocycles. The molecular formula is C20H35N3O2. The van der Waals surface area contributed by atoms with Gasteiger partial charge in [0, 0.05) is 44.2 Å². The predicted octanol–water partition coefficient (Wildman–Crippen LogP) is 1.85.